The zero-order chi connectivity index (χ0) is 21.0. The number of aromatic nitrogens is 1. The van der Waals surface area contributed by atoms with E-state index in [1.54, 1.807) is 7.11 Å². The molecule has 30 heavy (non-hydrogen) atoms. The summed E-state index contributed by atoms with van der Waals surface area (Å²) in [5, 5.41) is 0.401. The van der Waals surface area contributed by atoms with Crippen LogP contribution in [0.2, 0.25) is 0 Å². The van der Waals surface area contributed by atoms with Crippen LogP contribution in [-0.4, -0.2) is 29.2 Å². The number of aromatic amines is 1. The lowest BCUT2D eigenvalue weighted by Crippen LogP contribution is -2.32. The molecule has 152 valence electrons. The molecule has 0 aliphatic carbocycles. The largest absolute Gasteiger partial charge is 0.497 e. The number of fused-ring (bicyclic) bond motifs is 2. The van der Waals surface area contributed by atoms with Gasteiger partial charge in [0, 0.05) is 10.8 Å². The molecule has 1 saturated heterocycles. The molecule has 3 heterocycles. The summed E-state index contributed by atoms with van der Waals surface area (Å²) in [7, 11) is 1.62. The molecule has 0 radical (unpaired) electrons. The summed E-state index contributed by atoms with van der Waals surface area (Å²) in [5.74, 6) is -0.300. The third-order valence-electron chi connectivity index (χ3n) is 5.59. The second kappa shape index (κ2) is 7.37. The number of hydrogen-bond acceptors (Lipinski definition) is 6. The predicted molar refractivity (Wildman–Crippen MR) is 121 cm³/mol. The average molecular weight is 455 g/mol. The highest BCUT2D eigenvalue weighted by Gasteiger charge is 2.56. The summed E-state index contributed by atoms with van der Waals surface area (Å²) in [4.78, 5) is 32.5. The Labute approximate surface area is 187 Å². The molecule has 5 rings (SSSR count). The van der Waals surface area contributed by atoms with E-state index in [9.17, 15) is 9.59 Å². The van der Waals surface area contributed by atoms with E-state index >= 15 is 0 Å². The number of benzene rings is 2. The fourth-order valence-corrected chi connectivity index (χ4v) is 7.10. The van der Waals surface area contributed by atoms with Crippen molar-refractivity contribution in [1.82, 2.24) is 4.98 Å². The summed E-state index contributed by atoms with van der Waals surface area (Å²) in [6.07, 6.45) is 0. The molecule has 0 saturated carbocycles. The van der Waals surface area contributed by atoms with E-state index in [-0.39, 0.29) is 17.7 Å². The van der Waals surface area contributed by atoms with Crippen molar-refractivity contribution in [2.75, 3.05) is 12.0 Å². The zero-order valence-corrected chi connectivity index (χ0v) is 18.7. The number of carbonyl (C=O) groups is 2. The van der Waals surface area contributed by atoms with Crippen LogP contribution in [0, 0.1) is 16.8 Å². The van der Waals surface area contributed by atoms with Crippen LogP contribution in [0.15, 0.2) is 53.6 Å². The van der Waals surface area contributed by atoms with Crippen molar-refractivity contribution in [3.05, 3.63) is 68.5 Å². The molecule has 2 amide bonds. The Kier molecular flexibility index (Phi) is 4.80. The normalized spacial score (nSPS) is 22.7. The van der Waals surface area contributed by atoms with E-state index in [1.807, 2.05) is 55.5 Å². The molecule has 1 N–H and O–H groups in total. The van der Waals surface area contributed by atoms with Gasteiger partial charge in [0.1, 0.15) is 11.0 Å². The minimum Gasteiger partial charge on any atom is -0.497 e. The third-order valence-corrected chi connectivity index (χ3v) is 8.34. The minimum atomic E-state index is -0.487. The summed E-state index contributed by atoms with van der Waals surface area (Å²) in [6.45, 7) is 1.98. The first kappa shape index (κ1) is 19.5. The van der Waals surface area contributed by atoms with E-state index in [0.717, 1.165) is 26.8 Å². The number of thiazole rings is 1. The van der Waals surface area contributed by atoms with Gasteiger partial charge in [0.2, 0.25) is 11.8 Å². The first-order valence-electron chi connectivity index (χ1n) is 9.46. The number of aryl methyl sites for hydroxylation is 1. The molecule has 0 unspecified atom stereocenters. The topological polar surface area (TPSA) is 62.4 Å². The fraction of sp³-hybridized carbons (Fsp3) is 0.227. The Morgan fingerprint density at radius 2 is 1.73 bits per heavy atom. The second-order valence-corrected chi connectivity index (χ2v) is 10.2. The van der Waals surface area contributed by atoms with Crippen LogP contribution in [0.1, 0.15) is 21.9 Å². The summed E-state index contributed by atoms with van der Waals surface area (Å²) in [6, 6.07) is 15.2. The van der Waals surface area contributed by atoms with Crippen LogP contribution in [0.4, 0.5) is 5.69 Å². The lowest BCUT2D eigenvalue weighted by atomic mass is 9.83. The van der Waals surface area contributed by atoms with Crippen LogP contribution in [0.25, 0.3) is 0 Å². The molecule has 0 spiro atoms. The van der Waals surface area contributed by atoms with E-state index in [4.69, 9.17) is 17.0 Å². The Balaban J connectivity index is 1.63. The van der Waals surface area contributed by atoms with Crippen LogP contribution in [-0.2, 0) is 9.59 Å². The molecular formula is C22H18N2O3S3. The highest BCUT2D eigenvalue weighted by molar-refractivity contribution is 8.01. The van der Waals surface area contributed by atoms with E-state index < -0.39 is 11.2 Å². The van der Waals surface area contributed by atoms with Crippen LogP contribution in [0.5, 0.6) is 5.75 Å². The van der Waals surface area contributed by atoms with Crippen molar-refractivity contribution in [3.63, 3.8) is 0 Å². The second-order valence-electron chi connectivity index (χ2n) is 7.37. The zero-order valence-electron chi connectivity index (χ0n) is 16.2. The van der Waals surface area contributed by atoms with Gasteiger partial charge in [-0.3, -0.25) is 9.59 Å². The van der Waals surface area contributed by atoms with Crippen LogP contribution in [0.3, 0.4) is 0 Å². The molecule has 1 fully saturated rings. The first-order chi connectivity index (χ1) is 14.5. The van der Waals surface area contributed by atoms with Crippen molar-refractivity contribution in [2.24, 2.45) is 5.92 Å². The number of methoxy groups -OCH3 is 1. The van der Waals surface area contributed by atoms with Crippen LogP contribution >= 0.6 is 35.3 Å². The number of ether oxygens (including phenoxy) is 1. The van der Waals surface area contributed by atoms with Gasteiger partial charge in [0.05, 0.1) is 23.7 Å². The molecular weight excluding hydrogens is 436 g/mol. The number of nitrogens with one attached hydrogen (secondary N) is 1. The average Bonchev–Trinajstić information content (AvgIpc) is 3.24. The molecule has 3 aromatic rings. The van der Waals surface area contributed by atoms with Gasteiger partial charge in [0.15, 0.2) is 3.95 Å². The van der Waals surface area contributed by atoms with Gasteiger partial charge in [-0.05, 0) is 49.0 Å². The minimum absolute atomic E-state index is 0.160. The van der Waals surface area contributed by atoms with E-state index in [2.05, 4.69) is 4.98 Å². The molecule has 3 atom stereocenters. The highest BCUT2D eigenvalue weighted by atomic mass is 32.2. The predicted octanol–water partition coefficient (Wildman–Crippen LogP) is 4.92. The smallest absolute Gasteiger partial charge is 0.248 e. The standard InChI is InChI=1S/C22H18N2O3S3/c1-11-3-7-13(8-4-11)24-20(25)16-15(12-5-9-14(27-2)10-6-12)17-19(23-22(28)30-17)29-18(16)21(24)26/h3-10,15-16,18H,1-2H3,(H,23,28)/t15-,16-,18+/m1/s1. The Morgan fingerprint density at radius 3 is 2.40 bits per heavy atom. The summed E-state index contributed by atoms with van der Waals surface area (Å²) in [5.41, 5.74) is 2.68. The fourth-order valence-electron chi connectivity index (χ4n) is 4.14. The number of thioether (sulfide) groups is 1. The lowest BCUT2D eigenvalue weighted by Gasteiger charge is -2.30. The van der Waals surface area contributed by atoms with Crippen molar-refractivity contribution in [2.45, 2.75) is 23.1 Å². The molecule has 1 aromatic heterocycles. The van der Waals surface area contributed by atoms with Gasteiger partial charge in [0.25, 0.3) is 0 Å². The van der Waals surface area contributed by atoms with Crippen LogP contribution < -0.4 is 9.64 Å². The molecule has 2 aliphatic rings. The Morgan fingerprint density at radius 1 is 1.03 bits per heavy atom. The molecule has 2 aromatic carbocycles. The van der Waals surface area contributed by atoms with Gasteiger partial charge in [-0.1, -0.05) is 41.6 Å². The number of hydrogen-bond donors (Lipinski definition) is 1. The maximum atomic E-state index is 13.6. The van der Waals surface area contributed by atoms with Crippen molar-refractivity contribution in [1.29, 1.82) is 0 Å². The Hall–Kier alpha value is -2.42. The molecule has 8 heteroatoms. The number of rotatable bonds is 3. The monoisotopic (exact) mass is 454 g/mol. The SMILES string of the molecule is COc1ccc([C@H]2c3sc(=S)[nH]c3S[C@@H]3C(=O)N(c4ccc(C)cc4)C(=O)[C@H]23)cc1. The lowest BCUT2D eigenvalue weighted by molar-refractivity contribution is -0.122. The number of nitrogens with zero attached hydrogens (tertiary/aromatic N) is 1. The van der Waals surface area contributed by atoms with Crippen molar-refractivity contribution >= 4 is 52.8 Å². The van der Waals surface area contributed by atoms with E-state index in [0.29, 0.717) is 9.64 Å². The summed E-state index contributed by atoms with van der Waals surface area (Å²) >= 11 is 8.27. The first-order valence-corrected chi connectivity index (χ1v) is 11.6. The summed E-state index contributed by atoms with van der Waals surface area (Å²) < 4.78 is 5.94. The van der Waals surface area contributed by atoms with Crippen molar-refractivity contribution < 1.29 is 14.3 Å². The maximum absolute atomic E-state index is 13.6. The number of H-pyrrole nitrogens is 1. The quantitative estimate of drug-likeness (QED) is 0.450. The number of carbonyl (C=O) groups excluding carboxylic acids is 2. The molecule has 2 aliphatic heterocycles. The Bertz CT molecular complexity index is 1200. The van der Waals surface area contributed by atoms with Gasteiger partial charge in [-0.15, -0.1) is 11.3 Å². The number of amides is 2. The third kappa shape index (κ3) is 3.02. The van der Waals surface area contributed by atoms with Crippen molar-refractivity contribution in [3.8, 4) is 5.75 Å². The number of imide groups is 1. The maximum Gasteiger partial charge on any atom is 0.248 e. The molecule has 5 nitrogen and oxygen atoms in total. The van der Waals surface area contributed by atoms with Gasteiger partial charge < -0.3 is 9.72 Å². The van der Waals surface area contributed by atoms with Gasteiger partial charge >= 0.3 is 0 Å². The van der Waals surface area contributed by atoms with E-state index in [1.165, 1.54) is 28.0 Å². The highest BCUT2D eigenvalue weighted by Crippen LogP contribution is 2.54. The molecule has 0 bridgehead atoms. The van der Waals surface area contributed by atoms with Gasteiger partial charge in [-0.25, -0.2) is 4.90 Å². The van der Waals surface area contributed by atoms with Gasteiger partial charge in [-0.2, -0.15) is 0 Å². The number of anilines is 1.